The van der Waals surface area contributed by atoms with Crippen LogP contribution in [-0.2, 0) is 16.1 Å². The van der Waals surface area contributed by atoms with Crippen LogP contribution in [0.3, 0.4) is 0 Å². The number of halogens is 1. The Labute approximate surface area is 161 Å². The first-order chi connectivity index (χ1) is 11.6. The quantitative estimate of drug-likeness (QED) is 0.728. The van der Waals surface area contributed by atoms with Crippen molar-refractivity contribution < 1.29 is 14.3 Å². The van der Waals surface area contributed by atoms with Crippen molar-refractivity contribution in [3.63, 3.8) is 0 Å². The van der Waals surface area contributed by atoms with Crippen LogP contribution in [-0.4, -0.2) is 58.0 Å². The number of benzene rings is 1. The first-order valence-electron chi connectivity index (χ1n) is 8.22. The van der Waals surface area contributed by atoms with Crippen LogP contribution < -0.4 is 10.1 Å². The van der Waals surface area contributed by atoms with E-state index in [-0.39, 0.29) is 18.3 Å². The Morgan fingerprint density at radius 3 is 2.56 bits per heavy atom. The second-order valence-electron chi connectivity index (χ2n) is 6.31. The minimum absolute atomic E-state index is 0. The summed E-state index contributed by atoms with van der Waals surface area (Å²) in [5.41, 5.74) is 0.667. The van der Waals surface area contributed by atoms with E-state index in [1.54, 1.807) is 26.0 Å². The predicted molar refractivity (Wildman–Crippen MR) is 105 cm³/mol. The molecule has 0 aliphatic carbocycles. The van der Waals surface area contributed by atoms with E-state index in [1.807, 2.05) is 30.3 Å². The first kappa shape index (κ1) is 22.1. The number of nitrogens with one attached hydrogen (secondary N) is 1. The van der Waals surface area contributed by atoms with Crippen molar-refractivity contribution in [2.24, 2.45) is 5.41 Å². The third-order valence-electron chi connectivity index (χ3n) is 4.65. The van der Waals surface area contributed by atoms with Gasteiger partial charge in [0, 0.05) is 25.6 Å². The maximum absolute atomic E-state index is 13.1. The molecule has 1 saturated heterocycles. The monoisotopic (exact) mass is 388 g/mol. The van der Waals surface area contributed by atoms with Crippen molar-refractivity contribution in [2.45, 2.75) is 24.3 Å². The second kappa shape index (κ2) is 10.3. The number of hydrogen-bond donors (Lipinski definition) is 1. The van der Waals surface area contributed by atoms with Crippen LogP contribution in [0, 0.1) is 5.41 Å². The molecule has 1 aromatic rings. The summed E-state index contributed by atoms with van der Waals surface area (Å²) in [5.74, 6) is 1.02. The molecule has 1 aromatic carbocycles. The van der Waals surface area contributed by atoms with E-state index in [4.69, 9.17) is 9.47 Å². The van der Waals surface area contributed by atoms with Crippen LogP contribution in [0.15, 0.2) is 23.1 Å². The molecule has 1 N–H and O–H groups in total. The number of amides is 1. The minimum Gasteiger partial charge on any atom is -0.496 e. The molecule has 0 radical (unpaired) electrons. The van der Waals surface area contributed by atoms with Crippen LogP contribution in [0.25, 0.3) is 0 Å². The normalized spacial score (nSPS) is 16.0. The summed E-state index contributed by atoms with van der Waals surface area (Å²) < 4.78 is 10.8. The lowest BCUT2D eigenvalue weighted by Crippen LogP contribution is -2.50. The van der Waals surface area contributed by atoms with Crippen molar-refractivity contribution in [3.8, 4) is 5.75 Å². The molecule has 1 aliphatic heterocycles. The van der Waals surface area contributed by atoms with E-state index >= 15 is 0 Å². The number of methoxy groups -OCH3 is 2. The second-order valence-corrected chi connectivity index (χ2v) is 7.16. The number of rotatable bonds is 7. The average molecular weight is 389 g/mol. The molecule has 1 amide bonds. The van der Waals surface area contributed by atoms with Crippen LogP contribution in [0.5, 0.6) is 5.75 Å². The summed E-state index contributed by atoms with van der Waals surface area (Å²) in [5, 5.41) is 3.32. The van der Waals surface area contributed by atoms with Gasteiger partial charge in [-0.3, -0.25) is 4.79 Å². The molecule has 7 heteroatoms. The molecule has 1 aliphatic rings. The van der Waals surface area contributed by atoms with Crippen LogP contribution in [0.2, 0.25) is 0 Å². The standard InChI is InChI=1S/C18H28N2O3S.ClH/c1-20(12-14-5-6-16(24-4)15(11-14)23-3)17(21)18(13-22-2)7-9-19-10-8-18;/h5-6,11,19H,7-10,12-13H2,1-4H3;1H. The van der Waals surface area contributed by atoms with Gasteiger partial charge in [0.25, 0.3) is 0 Å². The SMILES string of the molecule is COCC1(C(=O)N(C)Cc2ccc(SC)c(OC)c2)CCNCC1.Cl. The number of ether oxygens (including phenoxy) is 2. The van der Waals surface area contributed by atoms with Gasteiger partial charge in [-0.1, -0.05) is 6.07 Å². The van der Waals surface area contributed by atoms with Crippen molar-refractivity contribution in [1.29, 1.82) is 0 Å². The van der Waals surface area contributed by atoms with Crippen molar-refractivity contribution in [2.75, 3.05) is 47.2 Å². The fourth-order valence-electron chi connectivity index (χ4n) is 3.33. The van der Waals surface area contributed by atoms with Gasteiger partial charge in [0.05, 0.1) is 19.1 Å². The minimum atomic E-state index is -0.405. The van der Waals surface area contributed by atoms with Gasteiger partial charge >= 0.3 is 0 Å². The predicted octanol–water partition coefficient (Wildman–Crippen LogP) is 2.81. The summed E-state index contributed by atoms with van der Waals surface area (Å²) in [6.45, 7) is 2.77. The molecule has 0 saturated carbocycles. The highest BCUT2D eigenvalue weighted by Gasteiger charge is 2.41. The largest absolute Gasteiger partial charge is 0.496 e. The summed E-state index contributed by atoms with van der Waals surface area (Å²) in [4.78, 5) is 16.0. The Bertz CT molecular complexity index is 560. The van der Waals surface area contributed by atoms with Gasteiger partial charge in [0.1, 0.15) is 5.75 Å². The number of carbonyl (C=O) groups is 1. The molecule has 0 unspecified atom stereocenters. The number of thioether (sulfide) groups is 1. The Hall–Kier alpha value is -0.950. The highest BCUT2D eigenvalue weighted by Crippen LogP contribution is 2.33. The number of nitrogens with zero attached hydrogens (tertiary/aromatic N) is 1. The number of carbonyl (C=O) groups excluding carboxylic acids is 1. The van der Waals surface area contributed by atoms with Crippen LogP contribution in [0.4, 0.5) is 0 Å². The highest BCUT2D eigenvalue weighted by molar-refractivity contribution is 7.98. The van der Waals surface area contributed by atoms with Gasteiger partial charge in [0.15, 0.2) is 0 Å². The van der Waals surface area contributed by atoms with Crippen LogP contribution in [0.1, 0.15) is 18.4 Å². The lowest BCUT2D eigenvalue weighted by Gasteiger charge is -2.38. The molecule has 1 fully saturated rings. The summed E-state index contributed by atoms with van der Waals surface area (Å²) in [6.07, 6.45) is 3.66. The van der Waals surface area contributed by atoms with E-state index in [0.29, 0.717) is 13.2 Å². The summed E-state index contributed by atoms with van der Waals surface area (Å²) >= 11 is 1.65. The molecule has 2 rings (SSSR count). The third kappa shape index (κ3) is 5.26. The fraction of sp³-hybridized carbons (Fsp3) is 0.611. The van der Waals surface area contributed by atoms with E-state index in [2.05, 4.69) is 11.4 Å². The Balaban J connectivity index is 0.00000312. The first-order valence-corrected chi connectivity index (χ1v) is 9.45. The van der Waals surface area contributed by atoms with E-state index in [0.717, 1.165) is 42.1 Å². The number of piperidine rings is 1. The fourth-order valence-corrected chi connectivity index (χ4v) is 3.88. The third-order valence-corrected chi connectivity index (χ3v) is 5.43. The Morgan fingerprint density at radius 2 is 2.00 bits per heavy atom. The molecule has 0 bridgehead atoms. The van der Waals surface area contributed by atoms with Gasteiger partial charge in [-0.15, -0.1) is 24.2 Å². The average Bonchev–Trinajstić information content (AvgIpc) is 2.61. The maximum atomic E-state index is 13.1. The van der Waals surface area contributed by atoms with Gasteiger partial charge < -0.3 is 19.7 Å². The van der Waals surface area contributed by atoms with Gasteiger partial charge in [-0.25, -0.2) is 0 Å². The molecule has 0 aromatic heterocycles. The van der Waals surface area contributed by atoms with Gasteiger partial charge in [0.2, 0.25) is 5.91 Å². The zero-order valence-corrected chi connectivity index (χ0v) is 17.1. The van der Waals surface area contributed by atoms with Gasteiger partial charge in [-0.05, 0) is 49.9 Å². The molecule has 142 valence electrons. The molecule has 0 atom stereocenters. The zero-order chi connectivity index (χ0) is 17.6. The van der Waals surface area contributed by atoms with Crippen molar-refractivity contribution in [1.82, 2.24) is 10.2 Å². The molecule has 25 heavy (non-hydrogen) atoms. The lowest BCUT2D eigenvalue weighted by atomic mass is 9.78. The summed E-state index contributed by atoms with van der Waals surface area (Å²) in [6, 6.07) is 6.12. The Morgan fingerprint density at radius 1 is 1.32 bits per heavy atom. The molecule has 1 heterocycles. The van der Waals surface area contributed by atoms with Crippen molar-refractivity contribution in [3.05, 3.63) is 23.8 Å². The van der Waals surface area contributed by atoms with E-state index < -0.39 is 5.41 Å². The van der Waals surface area contributed by atoms with E-state index in [1.165, 1.54) is 0 Å². The molecular formula is C18H29ClN2O3S. The van der Waals surface area contributed by atoms with Crippen molar-refractivity contribution >= 4 is 30.1 Å². The van der Waals surface area contributed by atoms with Gasteiger partial charge in [-0.2, -0.15) is 0 Å². The topological polar surface area (TPSA) is 50.8 Å². The van der Waals surface area contributed by atoms with E-state index in [9.17, 15) is 4.79 Å². The summed E-state index contributed by atoms with van der Waals surface area (Å²) in [7, 11) is 5.22. The highest BCUT2D eigenvalue weighted by atomic mass is 35.5. The smallest absolute Gasteiger partial charge is 0.231 e. The maximum Gasteiger partial charge on any atom is 0.231 e. The molecule has 5 nitrogen and oxygen atoms in total. The lowest BCUT2D eigenvalue weighted by molar-refractivity contribution is -0.146. The molecule has 0 spiro atoms. The zero-order valence-electron chi connectivity index (χ0n) is 15.5. The Kier molecular flexibility index (Phi) is 9.07. The molecular weight excluding hydrogens is 360 g/mol. The number of hydrogen-bond acceptors (Lipinski definition) is 5. The van der Waals surface area contributed by atoms with Crippen LogP contribution >= 0.6 is 24.2 Å².